The third-order valence-electron chi connectivity index (χ3n) is 5.00. The summed E-state index contributed by atoms with van der Waals surface area (Å²) in [5.41, 5.74) is 2.24. The summed E-state index contributed by atoms with van der Waals surface area (Å²) in [6.45, 7) is 1.91. The van der Waals surface area contributed by atoms with E-state index in [4.69, 9.17) is 4.74 Å². The number of hydrogen-bond donors (Lipinski definition) is 2. The number of aromatic hydroxyl groups is 1. The van der Waals surface area contributed by atoms with Crippen LogP contribution in [-0.4, -0.2) is 43.3 Å². The number of nitrogens with one attached hydrogen (secondary N) is 1. The van der Waals surface area contributed by atoms with Gasteiger partial charge in [-0.2, -0.15) is 5.10 Å². The Bertz CT molecular complexity index is 1060. The smallest absolute Gasteiger partial charge is 0.294 e. The molecule has 2 bridgehead atoms. The van der Waals surface area contributed by atoms with E-state index in [9.17, 15) is 9.50 Å². The number of aryl methyl sites for hydroxylation is 1. The van der Waals surface area contributed by atoms with Gasteiger partial charge in [-0.1, -0.05) is 16.4 Å². The summed E-state index contributed by atoms with van der Waals surface area (Å²) in [6, 6.07) is 6.94. The van der Waals surface area contributed by atoms with Gasteiger partial charge in [0.25, 0.3) is 5.19 Å². The van der Waals surface area contributed by atoms with E-state index >= 15 is 0 Å². The monoisotopic (exact) mass is 399 g/mol. The van der Waals surface area contributed by atoms with Gasteiger partial charge in [-0.05, 0) is 31.2 Å². The third kappa shape index (κ3) is 3.16. The molecule has 0 radical (unpaired) electrons. The Morgan fingerprint density at radius 1 is 1.29 bits per heavy atom. The molecular weight excluding hydrogens is 381 g/mol. The number of hydrogen-bond acceptors (Lipinski definition) is 7. The van der Waals surface area contributed by atoms with Crippen LogP contribution in [0.15, 0.2) is 42.4 Å². The van der Waals surface area contributed by atoms with Crippen LogP contribution in [0, 0.1) is 6.92 Å². The van der Waals surface area contributed by atoms with Crippen LogP contribution in [0.2, 0.25) is 0 Å². The fourth-order valence-electron chi connectivity index (χ4n) is 3.66. The molecule has 2 unspecified atom stereocenters. The summed E-state index contributed by atoms with van der Waals surface area (Å²) in [7, 11) is 0. The predicted octanol–water partition coefficient (Wildman–Crippen LogP) is 3.14. The number of rotatable bonds is 4. The van der Waals surface area contributed by atoms with Crippen LogP contribution in [0.1, 0.15) is 18.5 Å². The molecular formula is C19H18FN5O2S. The minimum atomic E-state index is -0.265. The van der Waals surface area contributed by atoms with E-state index in [1.54, 1.807) is 22.9 Å². The Morgan fingerprint density at radius 2 is 2.18 bits per heavy atom. The molecule has 144 valence electrons. The first-order valence-electron chi connectivity index (χ1n) is 9.04. The number of nitrogens with zero attached hydrogens (tertiary/aromatic N) is 4. The zero-order valence-corrected chi connectivity index (χ0v) is 15.9. The molecule has 0 amide bonds. The lowest BCUT2D eigenvalue weighted by Crippen LogP contribution is -2.43. The summed E-state index contributed by atoms with van der Waals surface area (Å²) in [5.74, 6) is -0.00836. The third-order valence-corrected chi connectivity index (χ3v) is 5.84. The van der Waals surface area contributed by atoms with E-state index in [2.05, 4.69) is 20.6 Å². The highest BCUT2D eigenvalue weighted by Crippen LogP contribution is 2.36. The topological polar surface area (TPSA) is 85.1 Å². The number of piperidine rings is 1. The van der Waals surface area contributed by atoms with Crippen molar-refractivity contribution in [2.75, 3.05) is 0 Å². The Hall–Kier alpha value is -2.78. The second-order valence-corrected chi connectivity index (χ2v) is 8.00. The summed E-state index contributed by atoms with van der Waals surface area (Å²) < 4.78 is 21.3. The maximum Gasteiger partial charge on any atom is 0.294 e. The van der Waals surface area contributed by atoms with Crippen molar-refractivity contribution >= 4 is 11.3 Å². The number of phenolic OH excluding ortho intramolecular Hbond substituents is 1. The zero-order valence-electron chi connectivity index (χ0n) is 15.0. The van der Waals surface area contributed by atoms with Gasteiger partial charge in [0.1, 0.15) is 17.7 Å². The van der Waals surface area contributed by atoms with Gasteiger partial charge in [-0.3, -0.25) is 0 Å². The van der Waals surface area contributed by atoms with Crippen molar-refractivity contribution in [2.24, 2.45) is 0 Å². The molecule has 0 spiro atoms. The van der Waals surface area contributed by atoms with Gasteiger partial charge in [-0.15, -0.1) is 5.10 Å². The Labute approximate surface area is 164 Å². The first-order chi connectivity index (χ1) is 13.5. The molecule has 3 atom stereocenters. The fourth-order valence-corrected chi connectivity index (χ4v) is 4.46. The Morgan fingerprint density at radius 3 is 2.93 bits per heavy atom. The van der Waals surface area contributed by atoms with Crippen LogP contribution >= 0.6 is 11.3 Å². The van der Waals surface area contributed by atoms with Gasteiger partial charge in [0, 0.05) is 31.1 Å². The molecule has 3 aromatic rings. The number of aromatic nitrogens is 4. The number of fused-ring (bicyclic) bond motifs is 2. The molecule has 1 aromatic carbocycles. The van der Waals surface area contributed by atoms with Gasteiger partial charge in [0.15, 0.2) is 5.01 Å². The molecule has 1 fully saturated rings. The quantitative estimate of drug-likeness (QED) is 0.701. The van der Waals surface area contributed by atoms with Gasteiger partial charge >= 0.3 is 0 Å². The molecule has 7 nitrogen and oxygen atoms in total. The Balaban J connectivity index is 1.32. The van der Waals surface area contributed by atoms with Gasteiger partial charge in [-0.25, -0.2) is 9.07 Å². The van der Waals surface area contributed by atoms with Crippen LogP contribution < -0.4 is 10.1 Å². The maximum absolute atomic E-state index is 13.7. The summed E-state index contributed by atoms with van der Waals surface area (Å²) in [6.07, 6.45) is 4.62. The molecule has 5 rings (SSSR count). The molecule has 2 N–H and O–H groups in total. The van der Waals surface area contributed by atoms with Gasteiger partial charge in [0.05, 0.1) is 23.0 Å². The van der Waals surface area contributed by atoms with Crippen molar-refractivity contribution in [1.29, 1.82) is 0 Å². The number of halogens is 1. The van der Waals surface area contributed by atoms with E-state index in [0.717, 1.165) is 11.4 Å². The second kappa shape index (κ2) is 6.68. The molecule has 2 aromatic heterocycles. The summed E-state index contributed by atoms with van der Waals surface area (Å²) >= 11 is 1.27. The number of ether oxygens (including phenoxy) is 1. The molecule has 4 heterocycles. The van der Waals surface area contributed by atoms with Crippen LogP contribution in [-0.2, 0) is 0 Å². The van der Waals surface area contributed by atoms with Gasteiger partial charge in [0.2, 0.25) is 0 Å². The van der Waals surface area contributed by atoms with Crippen LogP contribution in [0.5, 0.6) is 10.9 Å². The first kappa shape index (κ1) is 17.3. The van der Waals surface area contributed by atoms with E-state index in [-0.39, 0.29) is 29.8 Å². The first-order valence-corrected chi connectivity index (χ1v) is 9.86. The van der Waals surface area contributed by atoms with Crippen molar-refractivity contribution in [3.05, 3.63) is 48.1 Å². The fraction of sp³-hybridized carbons (Fsp3) is 0.316. The van der Waals surface area contributed by atoms with Crippen LogP contribution in [0.4, 0.5) is 4.39 Å². The van der Waals surface area contributed by atoms with E-state index in [0.29, 0.717) is 28.6 Å². The highest BCUT2D eigenvalue weighted by atomic mass is 32.1. The maximum atomic E-state index is 13.7. The normalized spacial score (nSPS) is 23.6. The van der Waals surface area contributed by atoms with E-state index in [1.807, 2.05) is 25.3 Å². The van der Waals surface area contributed by atoms with Crippen LogP contribution in [0.25, 0.3) is 16.3 Å². The van der Waals surface area contributed by atoms with E-state index in [1.165, 1.54) is 11.3 Å². The second-order valence-electron chi connectivity index (χ2n) is 7.06. The molecule has 2 aliphatic heterocycles. The molecule has 9 heteroatoms. The molecule has 0 aliphatic carbocycles. The number of benzene rings is 1. The van der Waals surface area contributed by atoms with Crippen molar-refractivity contribution in [2.45, 2.75) is 38.0 Å². The largest absolute Gasteiger partial charge is 0.507 e. The van der Waals surface area contributed by atoms with Crippen molar-refractivity contribution in [3.8, 4) is 27.2 Å². The summed E-state index contributed by atoms with van der Waals surface area (Å²) in [4.78, 5) is 0. The van der Waals surface area contributed by atoms with Crippen molar-refractivity contribution < 1.29 is 14.2 Å². The molecule has 1 saturated heterocycles. The van der Waals surface area contributed by atoms with Crippen molar-refractivity contribution in [1.82, 2.24) is 25.3 Å². The highest BCUT2D eigenvalue weighted by Gasteiger charge is 2.36. The Kier molecular flexibility index (Phi) is 4.13. The predicted molar refractivity (Wildman–Crippen MR) is 102 cm³/mol. The lowest BCUT2D eigenvalue weighted by Gasteiger charge is -2.28. The van der Waals surface area contributed by atoms with E-state index < -0.39 is 0 Å². The number of phenols is 1. The molecule has 0 saturated carbocycles. The van der Waals surface area contributed by atoms with Crippen molar-refractivity contribution in [3.63, 3.8) is 0 Å². The summed E-state index contributed by atoms with van der Waals surface area (Å²) in [5, 5.41) is 27.2. The average molecular weight is 399 g/mol. The highest BCUT2D eigenvalue weighted by molar-refractivity contribution is 7.16. The molecule has 28 heavy (non-hydrogen) atoms. The molecule has 2 aliphatic rings. The standard InChI is InChI=1S/C19H18FN5O2S/c1-10-4-5-25(24-10)12-2-3-14(17(26)8-12)18-22-23-19(28-18)27-13-6-11-7-15(20)16(9-13)21-11/h2-5,7-8,11,13,16,21,26H,6,9H2,1H3/t11?,13?,16-/m1/s1. The minimum Gasteiger partial charge on any atom is -0.507 e. The lowest BCUT2D eigenvalue weighted by molar-refractivity contribution is 0.136. The lowest BCUT2D eigenvalue weighted by atomic mass is 10.0. The van der Waals surface area contributed by atoms with Gasteiger partial charge < -0.3 is 15.2 Å². The van der Waals surface area contributed by atoms with Crippen LogP contribution in [0.3, 0.4) is 0 Å². The SMILES string of the molecule is Cc1ccn(-c2ccc(-c3nnc(OC4CC5C=C(F)[C@@H](C4)N5)s3)c(O)c2)n1. The zero-order chi connectivity index (χ0) is 19.3. The minimum absolute atomic E-state index is 0.0127. The average Bonchev–Trinajstić information content (AvgIpc) is 3.36.